The highest BCUT2D eigenvalue weighted by Crippen LogP contribution is 2.09. The molecule has 12 nitrogen and oxygen atoms in total. The Labute approximate surface area is 168 Å². The van der Waals surface area contributed by atoms with Crippen LogP contribution in [0, 0.1) is 10.1 Å². The SMILES string of the molecule is O=C(NCCNC(=O)c1nc(Cn2ccc([N+](=O)[O-])n2)no1)c1ccc(Cl)cc1. The molecular formula is C16H14ClN7O5. The molecule has 0 aliphatic carbocycles. The smallest absolute Gasteiger partial charge is 0.358 e. The van der Waals surface area contributed by atoms with Crippen LogP contribution in [-0.4, -0.2) is 49.7 Å². The molecule has 2 heterocycles. The first-order chi connectivity index (χ1) is 13.9. The van der Waals surface area contributed by atoms with Crippen LogP contribution in [0.15, 0.2) is 41.1 Å². The van der Waals surface area contributed by atoms with Gasteiger partial charge in [0.05, 0.1) is 17.4 Å². The molecule has 3 aromatic rings. The van der Waals surface area contributed by atoms with Crippen LogP contribution < -0.4 is 10.6 Å². The number of nitrogens with one attached hydrogen (secondary N) is 2. The molecule has 0 bridgehead atoms. The van der Waals surface area contributed by atoms with E-state index in [2.05, 4.69) is 25.9 Å². The summed E-state index contributed by atoms with van der Waals surface area (Å²) in [5, 5.41) is 23.7. The van der Waals surface area contributed by atoms with E-state index >= 15 is 0 Å². The Kier molecular flexibility index (Phi) is 6.14. The van der Waals surface area contributed by atoms with Crippen molar-refractivity contribution in [2.75, 3.05) is 13.1 Å². The first-order valence-electron chi connectivity index (χ1n) is 8.25. The lowest BCUT2D eigenvalue weighted by Gasteiger charge is -2.05. The minimum absolute atomic E-state index is 0.00176. The number of hydrogen-bond acceptors (Lipinski definition) is 8. The molecule has 0 unspecified atom stereocenters. The van der Waals surface area contributed by atoms with Gasteiger partial charge in [-0.2, -0.15) is 9.67 Å². The molecule has 0 atom stereocenters. The summed E-state index contributed by atoms with van der Waals surface area (Å²) in [6.07, 6.45) is 1.39. The standard InChI is InChI=1S/C16H14ClN7O5/c17-11-3-1-10(2-4-11)14(25)18-6-7-19-15(26)16-20-12(22-29-16)9-23-8-5-13(21-23)24(27)28/h1-5,8H,6-7,9H2,(H,18,25)(H,19,26). The van der Waals surface area contributed by atoms with Crippen LogP contribution in [0.3, 0.4) is 0 Å². The Morgan fingerprint density at radius 3 is 2.48 bits per heavy atom. The van der Waals surface area contributed by atoms with Crippen molar-refractivity contribution in [1.82, 2.24) is 30.6 Å². The van der Waals surface area contributed by atoms with Gasteiger partial charge in [0.2, 0.25) is 0 Å². The number of aromatic nitrogens is 4. The predicted octanol–water partition coefficient (Wildman–Crippen LogP) is 1.04. The Bertz CT molecular complexity index is 1030. The van der Waals surface area contributed by atoms with Crippen LogP contribution in [0.25, 0.3) is 0 Å². The largest absolute Gasteiger partial charge is 0.389 e. The molecule has 2 aromatic heterocycles. The average Bonchev–Trinajstić information content (AvgIpc) is 3.35. The van der Waals surface area contributed by atoms with E-state index in [1.807, 2.05) is 0 Å². The molecule has 1 aromatic carbocycles. The highest BCUT2D eigenvalue weighted by molar-refractivity contribution is 6.30. The molecule has 2 N–H and O–H groups in total. The zero-order chi connectivity index (χ0) is 20.8. The summed E-state index contributed by atoms with van der Waals surface area (Å²) in [5.74, 6) is -1.37. The number of carbonyl (C=O) groups is 2. The first-order valence-corrected chi connectivity index (χ1v) is 8.62. The summed E-state index contributed by atoms with van der Waals surface area (Å²) >= 11 is 5.77. The van der Waals surface area contributed by atoms with Crippen molar-refractivity contribution in [3.63, 3.8) is 0 Å². The Morgan fingerprint density at radius 1 is 1.14 bits per heavy atom. The summed E-state index contributed by atoms with van der Waals surface area (Å²) in [4.78, 5) is 37.8. The number of nitro groups is 1. The fraction of sp³-hybridized carbons (Fsp3) is 0.188. The topological polar surface area (TPSA) is 158 Å². The van der Waals surface area contributed by atoms with Crippen molar-refractivity contribution >= 4 is 29.2 Å². The Morgan fingerprint density at radius 2 is 1.83 bits per heavy atom. The van der Waals surface area contributed by atoms with Crippen LogP contribution in [0.4, 0.5) is 5.82 Å². The fourth-order valence-electron chi connectivity index (χ4n) is 2.22. The molecule has 29 heavy (non-hydrogen) atoms. The predicted molar refractivity (Wildman–Crippen MR) is 98.4 cm³/mol. The van der Waals surface area contributed by atoms with E-state index in [0.717, 1.165) is 0 Å². The van der Waals surface area contributed by atoms with Gasteiger partial charge in [0, 0.05) is 23.7 Å². The highest BCUT2D eigenvalue weighted by atomic mass is 35.5. The maximum atomic E-state index is 12.0. The zero-order valence-electron chi connectivity index (χ0n) is 14.7. The molecular weight excluding hydrogens is 406 g/mol. The monoisotopic (exact) mass is 419 g/mol. The Balaban J connectivity index is 1.44. The van der Waals surface area contributed by atoms with Crippen LogP contribution in [-0.2, 0) is 6.54 Å². The number of amides is 2. The van der Waals surface area contributed by atoms with Gasteiger partial charge < -0.3 is 25.3 Å². The quantitative estimate of drug-likeness (QED) is 0.311. The lowest BCUT2D eigenvalue weighted by atomic mass is 10.2. The molecule has 3 rings (SSSR count). The normalized spacial score (nSPS) is 10.5. The van der Waals surface area contributed by atoms with Crippen LogP contribution in [0.1, 0.15) is 26.9 Å². The minimum Gasteiger partial charge on any atom is -0.358 e. The number of carbonyl (C=O) groups excluding carboxylic acids is 2. The van der Waals surface area contributed by atoms with Crippen LogP contribution >= 0.6 is 11.6 Å². The second-order valence-electron chi connectivity index (χ2n) is 5.66. The molecule has 0 radical (unpaired) electrons. The molecule has 0 saturated carbocycles. The zero-order valence-corrected chi connectivity index (χ0v) is 15.5. The van der Waals surface area contributed by atoms with Gasteiger partial charge in [-0.05, 0) is 29.2 Å². The lowest BCUT2D eigenvalue weighted by molar-refractivity contribution is -0.389. The number of hydrogen-bond donors (Lipinski definition) is 2. The summed E-state index contributed by atoms with van der Waals surface area (Å²) in [6, 6.07) is 7.61. The third-order valence-corrected chi connectivity index (χ3v) is 3.83. The number of benzene rings is 1. The van der Waals surface area contributed by atoms with Gasteiger partial charge in [0.25, 0.3) is 5.91 Å². The second kappa shape index (κ2) is 8.93. The van der Waals surface area contributed by atoms with Crippen molar-refractivity contribution in [2.45, 2.75) is 6.54 Å². The van der Waals surface area contributed by atoms with Gasteiger partial charge in [0.15, 0.2) is 5.82 Å². The average molecular weight is 420 g/mol. The van der Waals surface area contributed by atoms with Gasteiger partial charge in [-0.25, -0.2) is 0 Å². The second-order valence-corrected chi connectivity index (χ2v) is 6.10. The Hall–Kier alpha value is -3.80. The van der Waals surface area contributed by atoms with E-state index in [4.69, 9.17) is 16.1 Å². The van der Waals surface area contributed by atoms with E-state index in [1.54, 1.807) is 24.3 Å². The molecule has 13 heteroatoms. The molecule has 0 aliphatic rings. The van der Waals surface area contributed by atoms with E-state index in [0.29, 0.717) is 10.6 Å². The van der Waals surface area contributed by atoms with E-state index in [1.165, 1.54) is 16.9 Å². The number of halogens is 1. The van der Waals surface area contributed by atoms with E-state index < -0.39 is 10.8 Å². The molecule has 150 valence electrons. The summed E-state index contributed by atoms with van der Waals surface area (Å²) < 4.78 is 6.11. The third kappa shape index (κ3) is 5.35. The van der Waals surface area contributed by atoms with Crippen LogP contribution in [0.5, 0.6) is 0 Å². The highest BCUT2D eigenvalue weighted by Gasteiger charge is 2.17. The van der Waals surface area contributed by atoms with Crippen molar-refractivity contribution in [2.24, 2.45) is 0 Å². The summed E-state index contributed by atoms with van der Waals surface area (Å²) in [6.45, 7) is 0.328. The third-order valence-electron chi connectivity index (χ3n) is 3.58. The van der Waals surface area contributed by atoms with E-state index in [9.17, 15) is 19.7 Å². The molecule has 2 amide bonds. The summed E-state index contributed by atoms with van der Waals surface area (Å²) in [7, 11) is 0. The first kappa shape index (κ1) is 19.9. The van der Waals surface area contributed by atoms with Crippen molar-refractivity contribution in [3.8, 4) is 0 Å². The maximum absolute atomic E-state index is 12.0. The minimum atomic E-state index is -0.628. The summed E-state index contributed by atoms with van der Waals surface area (Å²) in [5.41, 5.74) is 0.445. The van der Waals surface area contributed by atoms with Crippen molar-refractivity contribution < 1.29 is 19.0 Å². The van der Waals surface area contributed by atoms with Crippen molar-refractivity contribution in [3.05, 3.63) is 68.9 Å². The van der Waals surface area contributed by atoms with Crippen LogP contribution in [0.2, 0.25) is 5.02 Å². The van der Waals surface area contributed by atoms with Gasteiger partial charge in [-0.1, -0.05) is 16.8 Å². The van der Waals surface area contributed by atoms with Gasteiger partial charge in [-0.15, -0.1) is 0 Å². The van der Waals surface area contributed by atoms with Gasteiger partial charge in [-0.3, -0.25) is 9.59 Å². The maximum Gasteiger partial charge on any atom is 0.389 e. The number of rotatable bonds is 8. The van der Waals surface area contributed by atoms with Gasteiger partial charge in [0.1, 0.15) is 6.54 Å². The fourth-order valence-corrected chi connectivity index (χ4v) is 2.35. The molecule has 0 spiro atoms. The van der Waals surface area contributed by atoms with E-state index in [-0.39, 0.29) is 43.1 Å². The molecule has 0 aliphatic heterocycles. The van der Waals surface area contributed by atoms with Gasteiger partial charge >= 0.3 is 17.6 Å². The molecule has 0 saturated heterocycles. The lowest BCUT2D eigenvalue weighted by Crippen LogP contribution is -2.34. The number of nitrogens with zero attached hydrogens (tertiary/aromatic N) is 5. The van der Waals surface area contributed by atoms with Crippen molar-refractivity contribution in [1.29, 1.82) is 0 Å². The molecule has 0 fully saturated rings.